The van der Waals surface area contributed by atoms with Gasteiger partial charge in [-0.2, -0.15) is 0 Å². The van der Waals surface area contributed by atoms with Gasteiger partial charge in [0.15, 0.2) is 5.82 Å². The lowest BCUT2D eigenvalue weighted by Gasteiger charge is -2.23. The fourth-order valence-electron chi connectivity index (χ4n) is 2.41. The van der Waals surface area contributed by atoms with Gasteiger partial charge < -0.3 is 9.47 Å². The first-order chi connectivity index (χ1) is 13.5. The molecule has 0 aliphatic rings. The fraction of sp³-hybridized carbons (Fsp3) is 0.158. The van der Waals surface area contributed by atoms with Crippen LogP contribution in [0.5, 0.6) is 11.5 Å². The van der Waals surface area contributed by atoms with Gasteiger partial charge in [-0.3, -0.25) is 9.29 Å². The molecule has 0 amide bonds. The van der Waals surface area contributed by atoms with Gasteiger partial charge in [0.2, 0.25) is 0 Å². The highest BCUT2D eigenvalue weighted by Gasteiger charge is 2.18. The Morgan fingerprint density at radius 3 is 2.57 bits per heavy atom. The number of hydrogen-bond donors (Lipinski definition) is 0. The van der Waals surface area contributed by atoms with Crippen molar-refractivity contribution in [2.24, 2.45) is 0 Å². The van der Waals surface area contributed by atoms with Crippen LogP contribution < -0.4 is 13.8 Å². The summed E-state index contributed by atoms with van der Waals surface area (Å²) in [7, 11) is 3.12. The Labute approximate surface area is 170 Å². The Bertz CT molecular complexity index is 963. The molecule has 1 heterocycles. The van der Waals surface area contributed by atoms with E-state index in [-0.39, 0.29) is 9.92 Å². The van der Waals surface area contributed by atoms with E-state index < -0.39 is 11.6 Å². The Morgan fingerprint density at radius 1 is 1.07 bits per heavy atom. The van der Waals surface area contributed by atoms with E-state index in [0.29, 0.717) is 23.9 Å². The summed E-state index contributed by atoms with van der Waals surface area (Å²) in [5.41, 5.74) is 0.815. The Hall–Kier alpha value is -2.58. The third-order valence-corrected chi connectivity index (χ3v) is 5.13. The van der Waals surface area contributed by atoms with Crippen LogP contribution in [0.4, 0.5) is 14.6 Å². The molecule has 0 fully saturated rings. The highest BCUT2D eigenvalue weighted by Crippen LogP contribution is 2.35. The lowest BCUT2D eigenvalue weighted by Crippen LogP contribution is -2.16. The second-order valence-electron chi connectivity index (χ2n) is 5.57. The topological polar surface area (TPSA) is 47.5 Å². The van der Waals surface area contributed by atoms with Crippen LogP contribution in [-0.2, 0) is 6.54 Å². The van der Waals surface area contributed by atoms with Gasteiger partial charge in [0.1, 0.15) is 23.1 Å². The second-order valence-corrected chi connectivity index (χ2v) is 7.04. The van der Waals surface area contributed by atoms with Crippen LogP contribution in [-0.4, -0.2) is 24.2 Å². The predicted octanol–water partition coefficient (Wildman–Crippen LogP) is 5.14. The molecule has 0 radical (unpaired) electrons. The minimum Gasteiger partial charge on any atom is -0.497 e. The lowest BCUT2D eigenvalue weighted by atomic mass is 10.2. The molecule has 0 bridgehead atoms. The number of rotatable bonds is 7. The van der Waals surface area contributed by atoms with Gasteiger partial charge in [0.05, 0.1) is 36.9 Å². The van der Waals surface area contributed by atoms with Crippen molar-refractivity contribution in [3.05, 3.63) is 71.1 Å². The summed E-state index contributed by atoms with van der Waals surface area (Å²) in [5.74, 6) is 0.209. The summed E-state index contributed by atoms with van der Waals surface area (Å²) >= 11 is 6.85. The van der Waals surface area contributed by atoms with E-state index in [1.54, 1.807) is 36.9 Å². The van der Waals surface area contributed by atoms with Gasteiger partial charge in [0, 0.05) is 30.1 Å². The number of halogens is 3. The van der Waals surface area contributed by atoms with Crippen LogP contribution in [0.15, 0.2) is 53.8 Å². The number of methoxy groups -OCH3 is 2. The molecule has 9 heteroatoms. The van der Waals surface area contributed by atoms with Gasteiger partial charge in [-0.15, -0.1) is 0 Å². The quantitative estimate of drug-likeness (QED) is 0.387. The molecule has 1 aromatic heterocycles. The predicted molar refractivity (Wildman–Crippen MR) is 105 cm³/mol. The average Bonchev–Trinajstić information content (AvgIpc) is 2.72. The molecule has 0 N–H and O–H groups in total. The molecule has 146 valence electrons. The van der Waals surface area contributed by atoms with Crippen LogP contribution in [0.25, 0.3) is 0 Å². The molecule has 0 atom stereocenters. The molecular formula is C19H16ClF2N3O2S. The summed E-state index contributed by atoms with van der Waals surface area (Å²) in [6.45, 7) is 0.310. The van der Waals surface area contributed by atoms with Crippen molar-refractivity contribution in [3.63, 3.8) is 0 Å². The number of benzene rings is 2. The molecule has 28 heavy (non-hydrogen) atoms. The van der Waals surface area contributed by atoms with Crippen LogP contribution in [0, 0.1) is 11.6 Å². The molecule has 0 saturated carbocycles. The zero-order chi connectivity index (χ0) is 20.1. The minimum atomic E-state index is -0.814. The van der Waals surface area contributed by atoms with Crippen molar-refractivity contribution >= 4 is 29.4 Å². The van der Waals surface area contributed by atoms with E-state index in [2.05, 4.69) is 9.97 Å². The number of nitrogens with zero attached hydrogens (tertiary/aromatic N) is 3. The number of hydrogen-bond acceptors (Lipinski definition) is 6. The van der Waals surface area contributed by atoms with Gasteiger partial charge in [0.25, 0.3) is 0 Å². The molecule has 2 aromatic carbocycles. The molecule has 0 unspecified atom stereocenters. The van der Waals surface area contributed by atoms with Crippen molar-refractivity contribution in [1.29, 1.82) is 0 Å². The largest absolute Gasteiger partial charge is 0.497 e. The summed E-state index contributed by atoms with van der Waals surface area (Å²) < 4.78 is 40.1. The first kappa shape index (κ1) is 20.2. The van der Waals surface area contributed by atoms with E-state index in [0.717, 1.165) is 23.6 Å². The average molecular weight is 424 g/mol. The Kier molecular flexibility index (Phi) is 6.53. The molecule has 3 aromatic rings. The summed E-state index contributed by atoms with van der Waals surface area (Å²) in [5, 5.41) is -0.162. The van der Waals surface area contributed by atoms with Crippen LogP contribution >= 0.6 is 23.5 Å². The van der Waals surface area contributed by atoms with Crippen LogP contribution in [0.1, 0.15) is 5.56 Å². The fourth-order valence-corrected chi connectivity index (χ4v) is 3.58. The van der Waals surface area contributed by atoms with E-state index in [1.807, 2.05) is 6.07 Å². The highest BCUT2D eigenvalue weighted by molar-refractivity contribution is 8.00. The SMILES string of the molecule is COc1ccc(CN(Sc2cc(Cl)c(F)cc2F)c2cnccn2)c(OC)c1. The van der Waals surface area contributed by atoms with Gasteiger partial charge >= 0.3 is 0 Å². The van der Waals surface area contributed by atoms with Crippen molar-refractivity contribution in [3.8, 4) is 11.5 Å². The minimum absolute atomic E-state index is 0.157. The Balaban J connectivity index is 1.96. The van der Waals surface area contributed by atoms with Crippen LogP contribution in [0.2, 0.25) is 5.02 Å². The highest BCUT2D eigenvalue weighted by atomic mass is 35.5. The summed E-state index contributed by atoms with van der Waals surface area (Å²) in [4.78, 5) is 8.50. The second kappa shape index (κ2) is 9.07. The van der Waals surface area contributed by atoms with E-state index >= 15 is 0 Å². The van der Waals surface area contributed by atoms with Gasteiger partial charge in [-0.25, -0.2) is 13.8 Å². The maximum atomic E-state index is 14.3. The van der Waals surface area contributed by atoms with E-state index in [1.165, 1.54) is 18.5 Å². The summed E-state index contributed by atoms with van der Waals surface area (Å²) in [6, 6.07) is 7.39. The first-order valence-electron chi connectivity index (χ1n) is 8.08. The molecule has 5 nitrogen and oxygen atoms in total. The van der Waals surface area contributed by atoms with Crippen molar-refractivity contribution in [2.75, 3.05) is 18.5 Å². The molecule has 0 spiro atoms. The van der Waals surface area contributed by atoms with Crippen molar-refractivity contribution in [1.82, 2.24) is 9.97 Å². The zero-order valence-electron chi connectivity index (χ0n) is 15.0. The molecule has 0 aliphatic heterocycles. The monoisotopic (exact) mass is 423 g/mol. The van der Waals surface area contributed by atoms with Crippen molar-refractivity contribution in [2.45, 2.75) is 11.4 Å². The normalized spacial score (nSPS) is 10.6. The maximum absolute atomic E-state index is 14.3. The molecule has 0 saturated heterocycles. The van der Waals surface area contributed by atoms with Gasteiger partial charge in [-0.05, 0) is 30.1 Å². The van der Waals surface area contributed by atoms with Gasteiger partial charge in [-0.1, -0.05) is 11.6 Å². The summed E-state index contributed by atoms with van der Waals surface area (Å²) in [6.07, 6.45) is 4.61. The number of aromatic nitrogens is 2. The first-order valence-corrected chi connectivity index (χ1v) is 9.24. The third-order valence-electron chi connectivity index (χ3n) is 3.80. The van der Waals surface area contributed by atoms with Crippen molar-refractivity contribution < 1.29 is 18.3 Å². The smallest absolute Gasteiger partial charge is 0.157 e. The van der Waals surface area contributed by atoms with Crippen LogP contribution in [0.3, 0.4) is 0 Å². The van der Waals surface area contributed by atoms with E-state index in [9.17, 15) is 8.78 Å². The number of anilines is 1. The lowest BCUT2D eigenvalue weighted by molar-refractivity contribution is 0.391. The van der Waals surface area contributed by atoms with E-state index in [4.69, 9.17) is 21.1 Å². The third kappa shape index (κ3) is 4.63. The maximum Gasteiger partial charge on any atom is 0.157 e. The molecular weight excluding hydrogens is 408 g/mol. The Morgan fingerprint density at radius 2 is 1.89 bits per heavy atom. The standard InChI is InChI=1S/C19H16ClF2N3O2S/c1-26-13-4-3-12(17(7-13)27-2)11-25(19-10-23-5-6-24-19)28-18-8-14(20)15(21)9-16(18)22/h3-10H,11H2,1-2H3. The molecule has 3 rings (SSSR count). The molecule has 0 aliphatic carbocycles. The zero-order valence-corrected chi connectivity index (χ0v) is 16.6. The number of ether oxygens (including phenoxy) is 2.